The van der Waals surface area contributed by atoms with Crippen molar-refractivity contribution in [2.75, 3.05) is 0 Å². The lowest BCUT2D eigenvalue weighted by Gasteiger charge is -1.99. The fourth-order valence-electron chi connectivity index (χ4n) is 1.90. The van der Waals surface area contributed by atoms with Crippen molar-refractivity contribution in [1.82, 2.24) is 4.98 Å². The SMILES string of the molecule is N#C/C(=C\c1ccc(Cl)cc1Cl)c1nc2ccccc2s1. The minimum Gasteiger partial charge on any atom is -0.235 e. The molecule has 1 aromatic heterocycles. The van der Waals surface area contributed by atoms with E-state index < -0.39 is 0 Å². The van der Waals surface area contributed by atoms with Gasteiger partial charge in [-0.1, -0.05) is 41.4 Å². The number of nitriles is 1. The van der Waals surface area contributed by atoms with Gasteiger partial charge >= 0.3 is 0 Å². The second kappa shape index (κ2) is 5.87. The van der Waals surface area contributed by atoms with Gasteiger partial charge in [0.2, 0.25) is 0 Å². The first-order chi connectivity index (χ1) is 10.2. The number of halogens is 2. The highest BCUT2D eigenvalue weighted by atomic mass is 35.5. The molecule has 0 spiro atoms. The van der Waals surface area contributed by atoms with Gasteiger partial charge in [-0.15, -0.1) is 11.3 Å². The van der Waals surface area contributed by atoms with Crippen LogP contribution in [-0.2, 0) is 0 Å². The number of allylic oxidation sites excluding steroid dienone is 1. The Morgan fingerprint density at radius 2 is 2.00 bits per heavy atom. The van der Waals surface area contributed by atoms with Crippen LogP contribution in [0.25, 0.3) is 21.9 Å². The summed E-state index contributed by atoms with van der Waals surface area (Å²) in [6.45, 7) is 0. The van der Waals surface area contributed by atoms with Gasteiger partial charge in [0.25, 0.3) is 0 Å². The first-order valence-electron chi connectivity index (χ1n) is 6.10. The van der Waals surface area contributed by atoms with Gasteiger partial charge in [-0.25, -0.2) is 4.98 Å². The van der Waals surface area contributed by atoms with E-state index in [1.54, 1.807) is 24.3 Å². The summed E-state index contributed by atoms with van der Waals surface area (Å²) in [5.41, 5.74) is 2.12. The molecule has 1 heterocycles. The van der Waals surface area contributed by atoms with E-state index in [0.29, 0.717) is 20.6 Å². The zero-order valence-corrected chi connectivity index (χ0v) is 13.0. The standard InChI is InChI=1S/C16H8Cl2N2S/c17-12-6-5-10(13(18)8-12)7-11(9-19)16-20-14-3-1-2-4-15(14)21-16/h1-8H/b11-7+. The summed E-state index contributed by atoms with van der Waals surface area (Å²) < 4.78 is 1.05. The topological polar surface area (TPSA) is 36.7 Å². The van der Waals surface area contributed by atoms with Crippen LogP contribution in [0, 0.1) is 11.3 Å². The van der Waals surface area contributed by atoms with Gasteiger partial charge in [-0.3, -0.25) is 0 Å². The van der Waals surface area contributed by atoms with Crippen molar-refractivity contribution in [3.8, 4) is 6.07 Å². The number of para-hydroxylation sites is 1. The predicted molar refractivity (Wildman–Crippen MR) is 89.6 cm³/mol. The smallest absolute Gasteiger partial charge is 0.135 e. The Morgan fingerprint density at radius 1 is 1.19 bits per heavy atom. The Labute approximate surface area is 135 Å². The maximum atomic E-state index is 9.39. The van der Waals surface area contributed by atoms with E-state index in [2.05, 4.69) is 11.1 Å². The lowest BCUT2D eigenvalue weighted by molar-refractivity contribution is 1.43. The molecule has 0 bridgehead atoms. The minimum absolute atomic E-state index is 0.487. The molecule has 0 aliphatic rings. The molecule has 0 amide bonds. The average molecular weight is 331 g/mol. The second-order valence-electron chi connectivity index (χ2n) is 4.32. The van der Waals surface area contributed by atoms with Crippen molar-refractivity contribution in [2.24, 2.45) is 0 Å². The fraction of sp³-hybridized carbons (Fsp3) is 0. The number of aromatic nitrogens is 1. The van der Waals surface area contributed by atoms with Crippen LogP contribution >= 0.6 is 34.5 Å². The predicted octanol–water partition coefficient (Wildman–Crippen LogP) is 5.67. The molecule has 21 heavy (non-hydrogen) atoms. The maximum Gasteiger partial charge on any atom is 0.135 e. The first kappa shape index (κ1) is 14.1. The number of nitrogens with zero attached hydrogens (tertiary/aromatic N) is 2. The van der Waals surface area contributed by atoms with Crippen molar-refractivity contribution in [2.45, 2.75) is 0 Å². The molecule has 0 N–H and O–H groups in total. The Bertz CT molecular complexity index is 858. The number of thiazole rings is 1. The summed E-state index contributed by atoms with van der Waals surface area (Å²) in [5, 5.41) is 11.2. The van der Waals surface area contributed by atoms with Crippen LogP contribution < -0.4 is 0 Å². The Balaban J connectivity index is 2.09. The van der Waals surface area contributed by atoms with Gasteiger partial charge in [0.15, 0.2) is 0 Å². The highest BCUT2D eigenvalue weighted by molar-refractivity contribution is 7.19. The van der Waals surface area contributed by atoms with E-state index >= 15 is 0 Å². The summed E-state index contributed by atoms with van der Waals surface area (Å²) in [6, 6.07) is 15.2. The molecule has 0 saturated carbocycles. The van der Waals surface area contributed by atoms with Gasteiger partial charge in [0, 0.05) is 10.0 Å². The molecular weight excluding hydrogens is 323 g/mol. The molecule has 0 saturated heterocycles. The zero-order valence-electron chi connectivity index (χ0n) is 10.7. The van der Waals surface area contributed by atoms with Crippen molar-refractivity contribution in [3.63, 3.8) is 0 Å². The van der Waals surface area contributed by atoms with Gasteiger partial charge < -0.3 is 0 Å². The first-order valence-corrected chi connectivity index (χ1v) is 7.67. The van der Waals surface area contributed by atoms with Gasteiger partial charge in [0.1, 0.15) is 11.1 Å². The normalized spacial score (nSPS) is 11.6. The van der Waals surface area contributed by atoms with Crippen LogP contribution in [0.2, 0.25) is 10.0 Å². The molecule has 2 aromatic carbocycles. The number of hydrogen-bond acceptors (Lipinski definition) is 3. The van der Waals surface area contributed by atoms with Gasteiger partial charge in [-0.2, -0.15) is 5.26 Å². The minimum atomic E-state index is 0.487. The Morgan fingerprint density at radius 3 is 2.71 bits per heavy atom. The summed E-state index contributed by atoms with van der Waals surface area (Å²) in [5.74, 6) is 0. The third-order valence-corrected chi connectivity index (χ3v) is 4.54. The van der Waals surface area contributed by atoms with E-state index in [9.17, 15) is 5.26 Å². The van der Waals surface area contributed by atoms with Crippen LogP contribution in [0.3, 0.4) is 0 Å². The molecule has 3 rings (SSSR count). The molecule has 2 nitrogen and oxygen atoms in total. The third kappa shape index (κ3) is 2.93. The number of rotatable bonds is 2. The lowest BCUT2D eigenvalue weighted by atomic mass is 10.1. The highest BCUT2D eigenvalue weighted by Crippen LogP contribution is 2.30. The Hall–Kier alpha value is -1.86. The van der Waals surface area contributed by atoms with Crippen molar-refractivity contribution < 1.29 is 0 Å². The number of hydrogen-bond donors (Lipinski definition) is 0. The van der Waals surface area contributed by atoms with E-state index in [0.717, 1.165) is 15.8 Å². The molecule has 0 aliphatic carbocycles. The summed E-state index contributed by atoms with van der Waals surface area (Å²) >= 11 is 13.5. The van der Waals surface area contributed by atoms with Gasteiger partial charge in [0.05, 0.1) is 15.8 Å². The Kier molecular flexibility index (Phi) is 3.94. The molecule has 0 fully saturated rings. The highest BCUT2D eigenvalue weighted by Gasteiger charge is 2.09. The van der Waals surface area contributed by atoms with Crippen molar-refractivity contribution in [3.05, 3.63) is 63.1 Å². The molecular formula is C16H8Cl2N2S. The van der Waals surface area contributed by atoms with Crippen LogP contribution in [0.4, 0.5) is 0 Å². The van der Waals surface area contributed by atoms with Crippen molar-refractivity contribution >= 4 is 56.4 Å². The van der Waals surface area contributed by atoms with Gasteiger partial charge in [-0.05, 0) is 35.9 Å². The third-order valence-electron chi connectivity index (χ3n) is 2.91. The quantitative estimate of drug-likeness (QED) is 0.568. The summed E-state index contributed by atoms with van der Waals surface area (Å²) in [4.78, 5) is 4.49. The van der Waals surface area contributed by atoms with Crippen LogP contribution in [0.5, 0.6) is 0 Å². The summed E-state index contributed by atoms with van der Waals surface area (Å²) in [6.07, 6.45) is 1.73. The van der Waals surface area contributed by atoms with E-state index in [1.165, 1.54) is 11.3 Å². The van der Waals surface area contributed by atoms with E-state index in [4.69, 9.17) is 23.2 Å². The van der Waals surface area contributed by atoms with E-state index in [-0.39, 0.29) is 0 Å². The molecule has 5 heteroatoms. The van der Waals surface area contributed by atoms with Crippen LogP contribution in [0.1, 0.15) is 10.6 Å². The van der Waals surface area contributed by atoms with Crippen molar-refractivity contribution in [1.29, 1.82) is 5.26 Å². The largest absolute Gasteiger partial charge is 0.235 e. The molecule has 0 aliphatic heterocycles. The van der Waals surface area contributed by atoms with Crippen LogP contribution in [-0.4, -0.2) is 4.98 Å². The fourth-order valence-corrected chi connectivity index (χ4v) is 3.30. The molecule has 0 radical (unpaired) electrons. The van der Waals surface area contributed by atoms with E-state index in [1.807, 2.05) is 24.3 Å². The zero-order chi connectivity index (χ0) is 14.8. The number of fused-ring (bicyclic) bond motifs is 1. The maximum absolute atomic E-state index is 9.39. The second-order valence-corrected chi connectivity index (χ2v) is 6.20. The summed E-state index contributed by atoms with van der Waals surface area (Å²) in [7, 11) is 0. The van der Waals surface area contributed by atoms with Crippen LogP contribution in [0.15, 0.2) is 42.5 Å². The molecule has 0 unspecified atom stereocenters. The monoisotopic (exact) mass is 330 g/mol. The molecule has 3 aromatic rings. The average Bonchev–Trinajstić information content (AvgIpc) is 2.90. The lowest BCUT2D eigenvalue weighted by Crippen LogP contribution is -1.82. The molecule has 102 valence electrons. The number of benzene rings is 2. The molecule has 0 atom stereocenters.